The van der Waals surface area contributed by atoms with Crippen molar-refractivity contribution >= 4 is 23.6 Å². The molecule has 0 atom stereocenters. The monoisotopic (exact) mass is 511 g/mol. The van der Waals surface area contributed by atoms with Gasteiger partial charge in [0.2, 0.25) is 5.95 Å². The van der Waals surface area contributed by atoms with Crippen LogP contribution in [0.15, 0.2) is 53.9 Å². The number of hydrogen-bond donors (Lipinski definition) is 2. The van der Waals surface area contributed by atoms with E-state index >= 15 is 0 Å². The molecule has 0 radical (unpaired) electrons. The van der Waals surface area contributed by atoms with Gasteiger partial charge in [0.15, 0.2) is 5.82 Å². The number of aryl methyl sites for hydroxylation is 4. The fourth-order valence-corrected chi connectivity index (χ4v) is 4.68. The maximum absolute atomic E-state index is 5.93. The van der Waals surface area contributed by atoms with E-state index < -0.39 is 0 Å². The number of ether oxygens (including phenoxy) is 1. The van der Waals surface area contributed by atoms with Crippen molar-refractivity contribution in [1.82, 2.24) is 29.5 Å². The normalized spacial score (nSPS) is 13.1. The van der Waals surface area contributed by atoms with Gasteiger partial charge in [-0.15, -0.1) is 0 Å². The number of nitrogens with two attached hydrogens (primary N) is 1. The molecule has 5 rings (SSSR count). The molecule has 3 N–H and O–H groups in total. The van der Waals surface area contributed by atoms with Crippen LogP contribution in [-0.2, 0) is 37.6 Å². The summed E-state index contributed by atoms with van der Waals surface area (Å²) in [5.41, 5.74) is 14.3. The summed E-state index contributed by atoms with van der Waals surface area (Å²) >= 11 is 0. The zero-order valence-electron chi connectivity index (χ0n) is 22.1. The molecule has 38 heavy (non-hydrogen) atoms. The summed E-state index contributed by atoms with van der Waals surface area (Å²) < 4.78 is 8.92. The van der Waals surface area contributed by atoms with Crippen molar-refractivity contribution in [3.8, 4) is 11.3 Å². The van der Waals surface area contributed by atoms with Gasteiger partial charge in [-0.2, -0.15) is 10.2 Å². The van der Waals surface area contributed by atoms with Crippen molar-refractivity contribution in [2.45, 2.75) is 32.7 Å². The second kappa shape index (κ2) is 11.4. The lowest BCUT2D eigenvalue weighted by atomic mass is 9.91. The second-order valence-corrected chi connectivity index (χ2v) is 9.17. The van der Waals surface area contributed by atoms with E-state index in [0.717, 1.165) is 70.1 Å². The van der Waals surface area contributed by atoms with Crippen LogP contribution in [0.1, 0.15) is 35.0 Å². The van der Waals surface area contributed by atoms with Crippen molar-refractivity contribution in [3.05, 3.63) is 77.0 Å². The molecule has 10 nitrogen and oxygen atoms in total. The number of nitrogens with one attached hydrogen (secondary N) is 1. The highest BCUT2D eigenvalue weighted by Gasteiger charge is 2.26. The fourth-order valence-electron chi connectivity index (χ4n) is 4.68. The van der Waals surface area contributed by atoms with Gasteiger partial charge < -0.3 is 15.8 Å². The fraction of sp³-hybridized carbons (Fsp3) is 0.321. The van der Waals surface area contributed by atoms with Crippen LogP contribution >= 0.6 is 0 Å². The molecule has 1 aliphatic carbocycles. The zero-order valence-corrected chi connectivity index (χ0v) is 22.1. The predicted molar refractivity (Wildman–Crippen MR) is 149 cm³/mol. The molecule has 3 heterocycles. The van der Waals surface area contributed by atoms with Crippen LogP contribution in [-0.4, -0.2) is 56.0 Å². The number of anilines is 2. The number of aromatic nitrogens is 6. The van der Waals surface area contributed by atoms with E-state index in [4.69, 9.17) is 20.6 Å². The standard InChI is InChI=1S/C28H33N9O/c1-4-37-12-10-25(35-37)32-28-31-18-21-8-9-23-26(27(21)33-28)24(36(2)34-23)15-19-6-5-7-20(14-19)22(16-29)17-30-11-13-38-3/h5-7,10,12,14,16-18H,4,8-9,11,13,15,29H2,1-3H3,(H,31,32,33,35)/b22-16+,30-17?. The lowest BCUT2D eigenvalue weighted by molar-refractivity contribution is 0.208. The first-order valence-corrected chi connectivity index (χ1v) is 12.8. The maximum atomic E-state index is 5.93. The first-order valence-electron chi connectivity index (χ1n) is 12.8. The molecule has 0 saturated carbocycles. The van der Waals surface area contributed by atoms with Crippen LogP contribution in [0.25, 0.3) is 16.8 Å². The molecule has 3 aromatic heterocycles. The summed E-state index contributed by atoms with van der Waals surface area (Å²) in [5.74, 6) is 1.25. The van der Waals surface area contributed by atoms with E-state index in [1.54, 1.807) is 19.5 Å². The molecule has 1 aliphatic rings. The highest BCUT2D eigenvalue weighted by atomic mass is 16.5. The third kappa shape index (κ3) is 5.35. The van der Waals surface area contributed by atoms with Crippen LogP contribution in [0.4, 0.5) is 11.8 Å². The third-order valence-corrected chi connectivity index (χ3v) is 6.64. The molecule has 1 aromatic carbocycles. The highest BCUT2D eigenvalue weighted by Crippen LogP contribution is 2.36. The molecule has 0 amide bonds. The number of rotatable bonds is 10. The first-order chi connectivity index (χ1) is 18.6. The number of allylic oxidation sites excluding steroid dienone is 1. The van der Waals surface area contributed by atoms with Crippen LogP contribution in [0.5, 0.6) is 0 Å². The van der Waals surface area contributed by atoms with Gasteiger partial charge in [-0.3, -0.25) is 14.4 Å². The van der Waals surface area contributed by atoms with Gasteiger partial charge in [0.05, 0.1) is 30.2 Å². The smallest absolute Gasteiger partial charge is 0.228 e. The Morgan fingerprint density at radius 2 is 2.13 bits per heavy atom. The molecule has 0 aliphatic heterocycles. The number of methoxy groups -OCH3 is 1. The zero-order chi connectivity index (χ0) is 26.5. The molecule has 0 spiro atoms. The first kappa shape index (κ1) is 25.3. The highest BCUT2D eigenvalue weighted by molar-refractivity contribution is 6.09. The Kier molecular flexibility index (Phi) is 7.60. The van der Waals surface area contributed by atoms with E-state index in [-0.39, 0.29) is 0 Å². The van der Waals surface area contributed by atoms with E-state index in [0.29, 0.717) is 25.5 Å². The van der Waals surface area contributed by atoms with Crippen molar-refractivity contribution in [2.24, 2.45) is 17.8 Å². The molecule has 0 fully saturated rings. The van der Waals surface area contributed by atoms with Gasteiger partial charge in [-0.05, 0) is 36.5 Å². The summed E-state index contributed by atoms with van der Waals surface area (Å²) in [6.07, 6.45) is 9.68. The third-order valence-electron chi connectivity index (χ3n) is 6.64. The minimum atomic E-state index is 0.528. The van der Waals surface area contributed by atoms with Crippen LogP contribution in [0, 0.1) is 0 Å². The van der Waals surface area contributed by atoms with Gasteiger partial charge in [0.1, 0.15) is 0 Å². The molecule has 0 saturated heterocycles. The van der Waals surface area contributed by atoms with Gasteiger partial charge in [-0.25, -0.2) is 9.97 Å². The van der Waals surface area contributed by atoms with E-state index in [2.05, 4.69) is 39.4 Å². The van der Waals surface area contributed by atoms with E-state index in [1.807, 2.05) is 47.0 Å². The Morgan fingerprint density at radius 1 is 1.24 bits per heavy atom. The topological polar surface area (TPSA) is 121 Å². The minimum absolute atomic E-state index is 0.528. The number of nitrogens with zero attached hydrogens (tertiary/aromatic N) is 7. The van der Waals surface area contributed by atoms with Crippen molar-refractivity contribution in [1.29, 1.82) is 0 Å². The number of fused-ring (bicyclic) bond motifs is 3. The second-order valence-electron chi connectivity index (χ2n) is 9.17. The summed E-state index contributed by atoms with van der Waals surface area (Å²) in [6, 6.07) is 10.3. The average molecular weight is 512 g/mol. The Bertz CT molecular complexity index is 1480. The van der Waals surface area contributed by atoms with Crippen molar-refractivity contribution in [3.63, 3.8) is 0 Å². The largest absolute Gasteiger partial charge is 0.404 e. The van der Waals surface area contributed by atoms with Crippen molar-refractivity contribution < 1.29 is 4.74 Å². The number of aliphatic imine (C=N–C) groups is 1. The Morgan fingerprint density at radius 3 is 2.92 bits per heavy atom. The maximum Gasteiger partial charge on any atom is 0.228 e. The van der Waals surface area contributed by atoms with Crippen LogP contribution < -0.4 is 11.1 Å². The number of benzene rings is 1. The molecule has 0 unspecified atom stereocenters. The quantitative estimate of drug-likeness (QED) is 0.247. The Hall–Kier alpha value is -4.31. The molecule has 196 valence electrons. The van der Waals surface area contributed by atoms with E-state index in [9.17, 15) is 0 Å². The Balaban J connectivity index is 1.44. The molecular weight excluding hydrogens is 478 g/mol. The Labute approximate surface area is 222 Å². The van der Waals surface area contributed by atoms with Gasteiger partial charge in [-0.1, -0.05) is 24.3 Å². The molecule has 10 heteroatoms. The van der Waals surface area contributed by atoms with Crippen molar-refractivity contribution in [2.75, 3.05) is 25.6 Å². The number of hydrogen-bond acceptors (Lipinski definition) is 8. The molecule has 4 aromatic rings. The lowest BCUT2D eigenvalue weighted by Gasteiger charge is -2.17. The molecule has 0 bridgehead atoms. The van der Waals surface area contributed by atoms with Gasteiger partial charge >= 0.3 is 0 Å². The van der Waals surface area contributed by atoms with Gasteiger partial charge in [0.25, 0.3) is 0 Å². The summed E-state index contributed by atoms with van der Waals surface area (Å²) in [6.45, 7) is 4.02. The summed E-state index contributed by atoms with van der Waals surface area (Å²) in [4.78, 5) is 13.9. The summed E-state index contributed by atoms with van der Waals surface area (Å²) in [7, 11) is 3.67. The summed E-state index contributed by atoms with van der Waals surface area (Å²) in [5, 5.41) is 12.6. The van der Waals surface area contributed by atoms with Crippen LogP contribution in [0.2, 0.25) is 0 Å². The van der Waals surface area contributed by atoms with Gasteiger partial charge in [0, 0.05) is 69.1 Å². The average Bonchev–Trinajstić information content (AvgIpc) is 3.52. The SMILES string of the molecule is CCn1ccc(Nc2ncc3c(n2)-c2c(nn(C)c2Cc2cccc(/C(C=NCCOC)=C/N)c2)CC3)n1. The minimum Gasteiger partial charge on any atom is -0.404 e. The lowest BCUT2D eigenvalue weighted by Crippen LogP contribution is -2.09. The predicted octanol–water partition coefficient (Wildman–Crippen LogP) is 3.54. The van der Waals surface area contributed by atoms with E-state index in [1.165, 1.54) is 0 Å². The van der Waals surface area contributed by atoms with Crippen LogP contribution in [0.3, 0.4) is 0 Å². The molecular formula is C28H33N9O.